The summed E-state index contributed by atoms with van der Waals surface area (Å²) in [6.45, 7) is 6.25. The third-order valence-corrected chi connectivity index (χ3v) is 3.00. The van der Waals surface area contributed by atoms with Gasteiger partial charge in [-0.15, -0.1) is 0 Å². The van der Waals surface area contributed by atoms with Crippen LogP contribution in [0.15, 0.2) is 18.2 Å². The van der Waals surface area contributed by atoms with Gasteiger partial charge in [0.05, 0.1) is 5.56 Å². The van der Waals surface area contributed by atoms with Crippen LogP contribution in [0, 0.1) is 12.3 Å². The summed E-state index contributed by atoms with van der Waals surface area (Å²) in [6.07, 6.45) is 0.618. The van der Waals surface area contributed by atoms with Crippen molar-refractivity contribution >= 4 is 5.91 Å². The molecule has 0 saturated heterocycles. The maximum atomic E-state index is 11.9. The number of benzene rings is 1. The maximum absolute atomic E-state index is 11.9. The zero-order valence-corrected chi connectivity index (χ0v) is 11.2. The van der Waals surface area contributed by atoms with Gasteiger partial charge in [-0.1, -0.05) is 26.0 Å². The van der Waals surface area contributed by atoms with Crippen LogP contribution in [0.2, 0.25) is 0 Å². The highest BCUT2D eigenvalue weighted by Gasteiger charge is 2.19. The van der Waals surface area contributed by atoms with Crippen LogP contribution in [0.25, 0.3) is 0 Å². The fourth-order valence-corrected chi connectivity index (χ4v) is 1.65. The van der Waals surface area contributed by atoms with E-state index in [1.165, 1.54) is 0 Å². The number of nitrogens with one attached hydrogen (secondary N) is 1. The molecule has 0 fully saturated rings. The van der Waals surface area contributed by atoms with E-state index in [0.29, 0.717) is 18.5 Å². The molecule has 0 spiro atoms. The lowest BCUT2D eigenvalue weighted by molar-refractivity contribution is 0.0925. The Balaban J connectivity index is 2.69. The molecule has 100 valence electrons. The molecule has 0 aliphatic heterocycles. The van der Waals surface area contributed by atoms with E-state index in [4.69, 9.17) is 5.11 Å². The first-order chi connectivity index (χ1) is 8.37. The van der Waals surface area contributed by atoms with E-state index in [-0.39, 0.29) is 29.2 Å². The Labute approximate surface area is 108 Å². The zero-order chi connectivity index (χ0) is 13.8. The quantitative estimate of drug-likeness (QED) is 0.748. The predicted octanol–water partition coefficient (Wildman–Crippen LogP) is 1.84. The number of hydrogen-bond acceptors (Lipinski definition) is 3. The standard InChI is InChI=1S/C14H21NO3/c1-10-5-4-6-11(12(10)17)13(18)15-9-14(2,3)7-8-16/h4-6,16-17H,7-9H2,1-3H3,(H,15,18). The molecular weight excluding hydrogens is 230 g/mol. The number of phenols is 1. The maximum Gasteiger partial charge on any atom is 0.255 e. The number of aliphatic hydroxyl groups is 1. The minimum Gasteiger partial charge on any atom is -0.507 e. The van der Waals surface area contributed by atoms with E-state index >= 15 is 0 Å². The molecule has 3 N–H and O–H groups in total. The average Bonchev–Trinajstić information content (AvgIpc) is 2.30. The van der Waals surface area contributed by atoms with Gasteiger partial charge in [-0.05, 0) is 30.4 Å². The number of carbonyl (C=O) groups excluding carboxylic acids is 1. The lowest BCUT2D eigenvalue weighted by Crippen LogP contribution is -2.34. The van der Waals surface area contributed by atoms with Crippen LogP contribution < -0.4 is 5.32 Å². The molecule has 0 aromatic heterocycles. The van der Waals surface area contributed by atoms with Crippen LogP contribution in [0.1, 0.15) is 36.2 Å². The van der Waals surface area contributed by atoms with Gasteiger partial charge in [0.15, 0.2) is 0 Å². The average molecular weight is 251 g/mol. The molecule has 1 aromatic rings. The first kappa shape index (κ1) is 14.5. The summed E-state index contributed by atoms with van der Waals surface area (Å²) in [5.41, 5.74) is 0.802. The fraction of sp³-hybridized carbons (Fsp3) is 0.500. The van der Waals surface area contributed by atoms with Gasteiger partial charge in [0, 0.05) is 13.2 Å². The Morgan fingerprint density at radius 1 is 1.39 bits per heavy atom. The van der Waals surface area contributed by atoms with Crippen LogP contribution in [-0.2, 0) is 0 Å². The van der Waals surface area contributed by atoms with Crippen molar-refractivity contribution in [3.63, 3.8) is 0 Å². The molecule has 0 unspecified atom stereocenters. The SMILES string of the molecule is Cc1cccc(C(=O)NCC(C)(C)CCO)c1O. The number of aryl methyl sites for hydroxylation is 1. The van der Waals surface area contributed by atoms with Gasteiger partial charge in [-0.25, -0.2) is 0 Å². The molecule has 4 nitrogen and oxygen atoms in total. The number of aromatic hydroxyl groups is 1. The van der Waals surface area contributed by atoms with Crippen LogP contribution in [-0.4, -0.2) is 29.3 Å². The number of carbonyl (C=O) groups is 1. The number of hydrogen-bond donors (Lipinski definition) is 3. The highest BCUT2D eigenvalue weighted by atomic mass is 16.3. The van der Waals surface area contributed by atoms with Crippen LogP contribution in [0.3, 0.4) is 0 Å². The molecule has 4 heteroatoms. The van der Waals surface area contributed by atoms with E-state index < -0.39 is 0 Å². The molecule has 1 amide bonds. The van der Waals surface area contributed by atoms with Gasteiger partial charge in [-0.2, -0.15) is 0 Å². The smallest absolute Gasteiger partial charge is 0.255 e. The largest absolute Gasteiger partial charge is 0.507 e. The summed E-state index contributed by atoms with van der Waals surface area (Å²) in [5.74, 6) is -0.267. The topological polar surface area (TPSA) is 69.6 Å². The molecule has 0 heterocycles. The molecule has 0 atom stereocenters. The number of amides is 1. The van der Waals surface area contributed by atoms with Crippen molar-refractivity contribution in [2.24, 2.45) is 5.41 Å². The van der Waals surface area contributed by atoms with Gasteiger partial charge >= 0.3 is 0 Å². The van der Waals surface area contributed by atoms with E-state index in [0.717, 1.165) is 0 Å². The van der Waals surface area contributed by atoms with Crippen LogP contribution >= 0.6 is 0 Å². The molecule has 1 aromatic carbocycles. The zero-order valence-electron chi connectivity index (χ0n) is 11.2. The van der Waals surface area contributed by atoms with Crippen molar-refractivity contribution in [3.8, 4) is 5.75 Å². The van der Waals surface area contributed by atoms with E-state index in [1.807, 2.05) is 13.8 Å². The number of rotatable bonds is 5. The monoisotopic (exact) mass is 251 g/mol. The Bertz CT molecular complexity index is 427. The lowest BCUT2D eigenvalue weighted by atomic mass is 9.89. The summed E-state index contributed by atoms with van der Waals surface area (Å²) in [7, 11) is 0. The lowest BCUT2D eigenvalue weighted by Gasteiger charge is -2.24. The van der Waals surface area contributed by atoms with Gasteiger partial charge < -0.3 is 15.5 Å². The highest BCUT2D eigenvalue weighted by Crippen LogP contribution is 2.22. The van der Waals surface area contributed by atoms with Gasteiger partial charge in [-0.3, -0.25) is 4.79 Å². The normalized spacial score (nSPS) is 11.3. The second-order valence-electron chi connectivity index (χ2n) is 5.29. The number of phenolic OH excluding ortho intramolecular Hbond substituents is 1. The second kappa shape index (κ2) is 5.87. The molecule has 0 radical (unpaired) electrons. The van der Waals surface area contributed by atoms with Crippen LogP contribution in [0.4, 0.5) is 0 Å². The summed E-state index contributed by atoms with van der Waals surface area (Å²) >= 11 is 0. The van der Waals surface area contributed by atoms with E-state index in [9.17, 15) is 9.90 Å². The predicted molar refractivity (Wildman–Crippen MR) is 70.7 cm³/mol. The van der Waals surface area contributed by atoms with Crippen molar-refractivity contribution in [1.29, 1.82) is 0 Å². The minimum atomic E-state index is -0.290. The van der Waals surface area contributed by atoms with Crippen molar-refractivity contribution in [2.45, 2.75) is 27.2 Å². The molecular formula is C14H21NO3. The molecule has 0 saturated carbocycles. The fourth-order valence-electron chi connectivity index (χ4n) is 1.65. The summed E-state index contributed by atoms with van der Waals surface area (Å²) in [5, 5.41) is 21.5. The van der Waals surface area contributed by atoms with E-state index in [1.54, 1.807) is 25.1 Å². The van der Waals surface area contributed by atoms with Crippen molar-refractivity contribution in [3.05, 3.63) is 29.3 Å². The third kappa shape index (κ3) is 3.74. The summed E-state index contributed by atoms with van der Waals surface area (Å²) in [6, 6.07) is 5.08. The van der Waals surface area contributed by atoms with Gasteiger partial charge in [0.2, 0.25) is 0 Å². The highest BCUT2D eigenvalue weighted by molar-refractivity contribution is 5.97. The second-order valence-corrected chi connectivity index (χ2v) is 5.29. The molecule has 0 aliphatic rings. The molecule has 1 rings (SSSR count). The Hall–Kier alpha value is -1.55. The minimum absolute atomic E-state index is 0.0231. The molecule has 0 bridgehead atoms. The molecule has 0 aliphatic carbocycles. The summed E-state index contributed by atoms with van der Waals surface area (Å²) < 4.78 is 0. The number of para-hydroxylation sites is 1. The Morgan fingerprint density at radius 3 is 2.67 bits per heavy atom. The van der Waals surface area contributed by atoms with Crippen molar-refractivity contribution in [1.82, 2.24) is 5.32 Å². The first-order valence-electron chi connectivity index (χ1n) is 6.05. The van der Waals surface area contributed by atoms with Crippen LogP contribution in [0.5, 0.6) is 5.75 Å². The van der Waals surface area contributed by atoms with E-state index in [2.05, 4.69) is 5.32 Å². The summed E-state index contributed by atoms with van der Waals surface area (Å²) in [4.78, 5) is 11.9. The molecule has 18 heavy (non-hydrogen) atoms. The van der Waals surface area contributed by atoms with Crippen molar-refractivity contribution < 1.29 is 15.0 Å². The number of aliphatic hydroxyl groups excluding tert-OH is 1. The van der Waals surface area contributed by atoms with Gasteiger partial charge in [0.25, 0.3) is 5.91 Å². The first-order valence-corrected chi connectivity index (χ1v) is 6.05. The Morgan fingerprint density at radius 2 is 2.06 bits per heavy atom. The van der Waals surface area contributed by atoms with Crippen molar-refractivity contribution in [2.75, 3.05) is 13.2 Å². The van der Waals surface area contributed by atoms with Gasteiger partial charge in [0.1, 0.15) is 5.75 Å². The Kier molecular flexibility index (Phi) is 4.73. The third-order valence-electron chi connectivity index (χ3n) is 3.00.